The van der Waals surface area contributed by atoms with E-state index in [-0.39, 0.29) is 55.6 Å². The first-order valence-electron chi connectivity index (χ1n) is 14.4. The minimum absolute atomic E-state index is 0.00236. The highest BCUT2D eigenvalue weighted by Crippen LogP contribution is 2.48. The molecule has 0 aromatic heterocycles. The number of nitrogens with two attached hydrogens (primary N) is 1. The van der Waals surface area contributed by atoms with Crippen LogP contribution in [0.3, 0.4) is 0 Å². The standard InChI is InChI=1S/C26H25N5O19S6/c27-20-6-5-18-19(24(20)30-29-21-7-4-17(13-23(21)56(41,42)43)54(37,38)10-8-44-52-49-46-34)14-22(51-48-45-33)25(26(18)32)31-28-15-2-1-3-16(12-15)55(39,40)11-9-53(36)50-47-35/h1-7,12-14,32-35H,8-11,27H2,(H,41,42,43)/b30-29+,31-28+. The molecule has 1 unspecified atom stereocenters. The van der Waals surface area contributed by atoms with Gasteiger partial charge in [0.25, 0.3) is 10.1 Å². The number of hydrogen-bond acceptors (Lipinski definition) is 25. The maximum absolute atomic E-state index is 12.8. The molecule has 0 aliphatic carbocycles. The number of sulfone groups is 2. The van der Waals surface area contributed by atoms with Crippen molar-refractivity contribution >= 4 is 104 Å². The van der Waals surface area contributed by atoms with Gasteiger partial charge in [-0.05, 0) is 54.6 Å². The predicted octanol–water partition coefficient (Wildman–Crippen LogP) is 5.27. The molecule has 0 saturated carbocycles. The van der Waals surface area contributed by atoms with Crippen molar-refractivity contribution in [1.82, 2.24) is 0 Å². The number of aromatic hydroxyl groups is 1. The Labute approximate surface area is 326 Å². The van der Waals surface area contributed by atoms with Crippen molar-refractivity contribution in [1.29, 1.82) is 0 Å². The average Bonchev–Trinajstić information content (AvgIpc) is 3.15. The van der Waals surface area contributed by atoms with Crippen molar-refractivity contribution < 1.29 is 87.2 Å². The first-order chi connectivity index (χ1) is 26.5. The number of hydrogen-bond donors (Lipinski definition) is 6. The van der Waals surface area contributed by atoms with Crippen LogP contribution < -0.4 is 5.73 Å². The number of azo groups is 2. The van der Waals surface area contributed by atoms with Crippen LogP contribution in [0.2, 0.25) is 0 Å². The van der Waals surface area contributed by atoms with Crippen LogP contribution in [-0.4, -0.2) is 78.8 Å². The van der Waals surface area contributed by atoms with Crippen molar-refractivity contribution in [3.63, 3.8) is 0 Å². The summed E-state index contributed by atoms with van der Waals surface area (Å²) < 4.78 is 114. The number of phenols is 1. The Hall–Kier alpha value is -3.80. The summed E-state index contributed by atoms with van der Waals surface area (Å²) in [6.07, 6.45) is 0. The van der Waals surface area contributed by atoms with E-state index in [2.05, 4.69) is 48.6 Å². The van der Waals surface area contributed by atoms with Crippen molar-refractivity contribution in [2.75, 3.05) is 29.6 Å². The Bertz CT molecular complexity index is 2470. The minimum Gasteiger partial charge on any atom is -0.505 e. The molecule has 1 atom stereocenters. The molecule has 30 heteroatoms. The Morgan fingerprint density at radius 2 is 1.45 bits per heavy atom. The van der Waals surface area contributed by atoms with Gasteiger partial charge in [0.2, 0.25) is 0 Å². The molecule has 0 amide bonds. The van der Waals surface area contributed by atoms with Gasteiger partial charge in [0, 0.05) is 10.8 Å². The molecule has 0 saturated heterocycles. The van der Waals surface area contributed by atoms with Crippen LogP contribution in [0.1, 0.15) is 0 Å². The third-order valence-corrected chi connectivity index (χ3v) is 13.1. The van der Waals surface area contributed by atoms with E-state index >= 15 is 0 Å². The van der Waals surface area contributed by atoms with E-state index < -0.39 is 86.0 Å². The lowest BCUT2D eigenvalue weighted by Gasteiger charge is -2.12. The number of fused-ring (bicyclic) bond motifs is 1. The topological polar surface area (TPSA) is 361 Å². The minimum atomic E-state index is -5.12. The lowest BCUT2D eigenvalue weighted by atomic mass is 10.1. The summed E-state index contributed by atoms with van der Waals surface area (Å²) in [4.78, 5) is -1.87. The molecule has 0 bridgehead atoms. The van der Waals surface area contributed by atoms with Gasteiger partial charge in [0.05, 0.1) is 62.0 Å². The quantitative estimate of drug-likeness (QED) is 0.0118. The molecule has 0 fully saturated rings. The van der Waals surface area contributed by atoms with E-state index in [4.69, 9.17) is 25.7 Å². The maximum atomic E-state index is 12.8. The molecule has 4 aromatic carbocycles. The molecule has 0 heterocycles. The van der Waals surface area contributed by atoms with Gasteiger partial charge >= 0.3 is 0 Å². The van der Waals surface area contributed by atoms with Crippen molar-refractivity contribution in [2.24, 2.45) is 20.5 Å². The van der Waals surface area contributed by atoms with E-state index in [9.17, 15) is 39.1 Å². The van der Waals surface area contributed by atoms with E-state index in [1.54, 1.807) is 0 Å². The summed E-state index contributed by atoms with van der Waals surface area (Å²) in [5, 5.41) is 62.6. The van der Waals surface area contributed by atoms with Crippen LogP contribution in [0.5, 0.6) is 5.75 Å². The molecule has 0 spiro atoms. The summed E-state index contributed by atoms with van der Waals surface area (Å²) in [5.74, 6) is -2.50. The third-order valence-electron chi connectivity index (χ3n) is 6.83. The van der Waals surface area contributed by atoms with Crippen LogP contribution in [0.4, 0.5) is 28.4 Å². The molecule has 4 rings (SSSR count). The maximum Gasteiger partial charge on any atom is 0.296 e. The van der Waals surface area contributed by atoms with E-state index in [0.29, 0.717) is 18.1 Å². The van der Waals surface area contributed by atoms with Crippen molar-refractivity contribution in [2.45, 2.75) is 19.6 Å². The van der Waals surface area contributed by atoms with Crippen molar-refractivity contribution in [3.8, 4) is 5.75 Å². The van der Waals surface area contributed by atoms with Gasteiger partial charge in [-0.1, -0.05) is 21.2 Å². The SMILES string of the molecule is Nc1ccc2c(O)c(/N=N/c3cccc(S(=O)(=O)CCS(=O)OOO)c3)c(SOOO)cc2c1/N=N/c1ccc(S(=O)(=O)CCOSOOO)cc1S(=O)(=O)O. The Kier molecular flexibility index (Phi) is 16.1. The Morgan fingerprint density at radius 3 is 2.14 bits per heavy atom. The Morgan fingerprint density at radius 1 is 0.750 bits per heavy atom. The summed E-state index contributed by atoms with van der Waals surface area (Å²) in [7, 11) is -13.4. The second kappa shape index (κ2) is 20.1. The van der Waals surface area contributed by atoms with Crippen LogP contribution in [0, 0.1) is 0 Å². The van der Waals surface area contributed by atoms with Crippen molar-refractivity contribution in [3.05, 3.63) is 60.7 Å². The lowest BCUT2D eigenvalue weighted by Crippen LogP contribution is -2.14. The highest BCUT2D eigenvalue weighted by Gasteiger charge is 2.24. The van der Waals surface area contributed by atoms with E-state index in [0.717, 1.165) is 18.2 Å². The summed E-state index contributed by atoms with van der Waals surface area (Å²) in [5.41, 5.74) is 5.00. The zero-order chi connectivity index (χ0) is 41.1. The molecule has 7 N–H and O–H groups in total. The summed E-state index contributed by atoms with van der Waals surface area (Å²) in [6.45, 7) is -0.492. The number of nitrogens with zero attached hydrogens (tertiary/aromatic N) is 4. The molecule has 56 heavy (non-hydrogen) atoms. The van der Waals surface area contributed by atoms with Gasteiger partial charge in [-0.2, -0.15) is 13.5 Å². The molecule has 304 valence electrons. The highest BCUT2D eigenvalue weighted by molar-refractivity contribution is 7.94. The largest absolute Gasteiger partial charge is 0.505 e. The number of nitrogen functional groups attached to an aromatic ring is 1. The summed E-state index contributed by atoms with van der Waals surface area (Å²) in [6, 6.07) is 11.5. The van der Waals surface area contributed by atoms with Gasteiger partial charge in [0.15, 0.2) is 48.8 Å². The summed E-state index contributed by atoms with van der Waals surface area (Å²) >= 11 is -1.84. The zero-order valence-electron chi connectivity index (χ0n) is 27.4. The van der Waals surface area contributed by atoms with Gasteiger partial charge in [0.1, 0.15) is 22.0 Å². The fourth-order valence-corrected chi connectivity index (χ4v) is 9.39. The zero-order valence-corrected chi connectivity index (χ0v) is 32.3. The molecular formula is C26H25N5O19S6. The van der Waals surface area contributed by atoms with Crippen LogP contribution in [0.15, 0.2) is 101 Å². The molecular weight excluding hydrogens is 879 g/mol. The molecule has 4 aromatic rings. The first kappa shape index (κ1) is 44.9. The normalized spacial score (nSPS) is 13.3. The third kappa shape index (κ3) is 11.9. The monoisotopic (exact) mass is 903 g/mol. The molecule has 0 aliphatic heterocycles. The van der Waals surface area contributed by atoms with Crippen LogP contribution in [-0.2, 0) is 73.2 Å². The highest BCUT2D eigenvalue weighted by atomic mass is 32.2. The second-order valence-corrected chi connectivity index (χ2v) is 18.2. The van der Waals surface area contributed by atoms with E-state index in [1.807, 2.05) is 0 Å². The number of anilines is 1. The predicted molar refractivity (Wildman–Crippen MR) is 192 cm³/mol. The van der Waals surface area contributed by atoms with Gasteiger partial charge < -0.3 is 10.8 Å². The number of benzene rings is 4. The molecule has 24 nitrogen and oxygen atoms in total. The van der Waals surface area contributed by atoms with Gasteiger partial charge in [-0.15, -0.1) is 28.3 Å². The smallest absolute Gasteiger partial charge is 0.296 e. The van der Waals surface area contributed by atoms with E-state index in [1.165, 1.54) is 36.4 Å². The van der Waals surface area contributed by atoms with Gasteiger partial charge in [-0.25, -0.2) is 36.8 Å². The molecule has 0 aliphatic rings. The average molecular weight is 904 g/mol. The fourth-order valence-electron chi connectivity index (χ4n) is 4.36. The van der Waals surface area contributed by atoms with Gasteiger partial charge in [-0.3, -0.25) is 8.74 Å². The first-order valence-corrected chi connectivity index (χ1v) is 21.8. The second-order valence-electron chi connectivity index (χ2n) is 10.2. The number of phenolic OH excluding ortho intramolecular Hbond substituents is 1. The lowest BCUT2D eigenvalue weighted by molar-refractivity contribution is -0.434. The Balaban J connectivity index is 1.73. The molecule has 0 radical (unpaired) electrons. The van der Waals surface area contributed by atoms with Crippen LogP contribution in [0.25, 0.3) is 10.8 Å². The number of rotatable bonds is 21. The van der Waals surface area contributed by atoms with Crippen LogP contribution >= 0.6 is 24.4 Å². The fraction of sp³-hybridized carbons (Fsp3) is 0.154.